The molecular weight excluding hydrogens is 398 g/mol. The van der Waals surface area contributed by atoms with E-state index in [1.807, 2.05) is 6.07 Å². The summed E-state index contributed by atoms with van der Waals surface area (Å²) < 4.78 is 0.752. The Kier molecular flexibility index (Phi) is 4.29. The van der Waals surface area contributed by atoms with Crippen LogP contribution < -0.4 is 10.6 Å². The van der Waals surface area contributed by atoms with Crippen LogP contribution in [0.15, 0.2) is 28.7 Å². The first kappa shape index (κ1) is 17.2. The molecule has 126 valence electrons. The van der Waals surface area contributed by atoms with Crippen molar-refractivity contribution in [3.05, 3.63) is 39.9 Å². The number of anilines is 1. The van der Waals surface area contributed by atoms with Crippen LogP contribution in [0.5, 0.6) is 0 Å². The van der Waals surface area contributed by atoms with Crippen LogP contribution in [-0.2, 0) is 0 Å². The molecule has 1 fully saturated rings. The van der Waals surface area contributed by atoms with Crippen LogP contribution in [-0.4, -0.2) is 41.2 Å². The van der Waals surface area contributed by atoms with Crippen LogP contribution in [0.25, 0.3) is 10.8 Å². The van der Waals surface area contributed by atoms with E-state index in [4.69, 9.17) is 5.73 Å². The summed E-state index contributed by atoms with van der Waals surface area (Å²) in [6, 6.07) is 7.05. The molecule has 2 aromatic rings. The minimum Gasteiger partial charge on any atom is -0.369 e. The quantitative estimate of drug-likeness (QED) is 0.555. The van der Waals surface area contributed by atoms with Crippen molar-refractivity contribution in [1.82, 2.24) is 5.06 Å². The van der Waals surface area contributed by atoms with Crippen molar-refractivity contribution in [3.63, 3.8) is 0 Å². The predicted molar refractivity (Wildman–Crippen MR) is 96.0 cm³/mol. The Bertz CT molecular complexity index is 873. The molecule has 2 aromatic carbocycles. The van der Waals surface area contributed by atoms with Crippen LogP contribution in [0.3, 0.4) is 0 Å². The van der Waals surface area contributed by atoms with Crippen LogP contribution in [0, 0.1) is 0 Å². The lowest BCUT2D eigenvalue weighted by atomic mass is 9.93. The molecular formula is C16H15BrClN3O3. The standard InChI is InChI=1S/C16H14BrN3O3.ClH/c17-12-6-11-13-9(14(12)19-5-4-8(18)7-19)2-1-3-10(13)15(21)20(23)16(11)22;/h1-3,6,8,23H,4-5,7,18H2;1H/t8-;/m0./s1. The Morgan fingerprint density at radius 1 is 1.21 bits per heavy atom. The van der Waals surface area contributed by atoms with Gasteiger partial charge < -0.3 is 10.6 Å². The number of imide groups is 1. The summed E-state index contributed by atoms with van der Waals surface area (Å²) in [5.74, 6) is -1.40. The average Bonchev–Trinajstić information content (AvgIpc) is 2.96. The van der Waals surface area contributed by atoms with Gasteiger partial charge in [0.05, 0.1) is 16.8 Å². The minimum atomic E-state index is -0.705. The first-order valence-corrected chi connectivity index (χ1v) is 8.11. The number of benzene rings is 2. The molecule has 8 heteroatoms. The number of carbonyl (C=O) groups is 2. The van der Waals surface area contributed by atoms with Gasteiger partial charge in [-0.1, -0.05) is 12.1 Å². The van der Waals surface area contributed by atoms with Gasteiger partial charge >= 0.3 is 0 Å². The monoisotopic (exact) mass is 411 g/mol. The summed E-state index contributed by atoms with van der Waals surface area (Å²) in [4.78, 5) is 26.6. The lowest BCUT2D eigenvalue weighted by Crippen LogP contribution is -2.37. The van der Waals surface area contributed by atoms with Crippen LogP contribution in [0.1, 0.15) is 27.1 Å². The number of carbonyl (C=O) groups excluding carboxylic acids is 2. The van der Waals surface area contributed by atoms with E-state index in [1.54, 1.807) is 18.2 Å². The van der Waals surface area contributed by atoms with Crippen molar-refractivity contribution in [2.75, 3.05) is 18.0 Å². The molecule has 4 rings (SSSR count). The normalized spacial score (nSPS) is 19.9. The molecule has 0 unspecified atom stereocenters. The van der Waals surface area contributed by atoms with E-state index in [9.17, 15) is 14.8 Å². The van der Waals surface area contributed by atoms with Gasteiger partial charge in [-0.2, -0.15) is 0 Å². The number of amides is 2. The fourth-order valence-electron chi connectivity index (χ4n) is 3.41. The molecule has 1 atom stereocenters. The number of nitrogens with zero attached hydrogens (tertiary/aromatic N) is 2. The minimum absolute atomic E-state index is 0. The Morgan fingerprint density at radius 2 is 1.92 bits per heavy atom. The topological polar surface area (TPSA) is 86.9 Å². The van der Waals surface area contributed by atoms with Gasteiger partial charge in [0, 0.05) is 34.4 Å². The summed E-state index contributed by atoms with van der Waals surface area (Å²) >= 11 is 3.53. The van der Waals surface area contributed by atoms with E-state index in [2.05, 4.69) is 20.8 Å². The van der Waals surface area contributed by atoms with E-state index >= 15 is 0 Å². The predicted octanol–water partition coefficient (Wildman–Crippen LogP) is 2.55. The summed E-state index contributed by atoms with van der Waals surface area (Å²) in [5.41, 5.74) is 7.59. The van der Waals surface area contributed by atoms with Crippen molar-refractivity contribution in [2.24, 2.45) is 5.73 Å². The zero-order valence-corrected chi connectivity index (χ0v) is 14.9. The van der Waals surface area contributed by atoms with Crippen molar-refractivity contribution in [1.29, 1.82) is 0 Å². The molecule has 2 aliphatic heterocycles. The summed E-state index contributed by atoms with van der Waals surface area (Å²) in [6.07, 6.45) is 0.900. The average molecular weight is 413 g/mol. The Hall–Kier alpha value is -1.67. The smallest absolute Gasteiger partial charge is 0.285 e. The maximum absolute atomic E-state index is 12.3. The summed E-state index contributed by atoms with van der Waals surface area (Å²) in [7, 11) is 0. The number of nitrogens with two attached hydrogens (primary N) is 1. The lowest BCUT2D eigenvalue weighted by Gasteiger charge is -2.27. The Labute approximate surface area is 152 Å². The molecule has 0 aromatic heterocycles. The molecule has 2 amide bonds. The van der Waals surface area contributed by atoms with E-state index in [0.29, 0.717) is 16.5 Å². The number of halogens is 2. The number of hydrogen-bond acceptors (Lipinski definition) is 5. The van der Waals surface area contributed by atoms with Gasteiger partial charge in [-0.3, -0.25) is 14.8 Å². The van der Waals surface area contributed by atoms with Gasteiger partial charge in [0.2, 0.25) is 0 Å². The van der Waals surface area contributed by atoms with Gasteiger partial charge in [-0.05, 0) is 34.5 Å². The Morgan fingerprint density at radius 3 is 2.58 bits per heavy atom. The first-order valence-electron chi connectivity index (χ1n) is 7.32. The summed E-state index contributed by atoms with van der Waals surface area (Å²) in [5, 5.41) is 11.3. The third-order valence-electron chi connectivity index (χ3n) is 4.47. The first-order chi connectivity index (χ1) is 11.0. The summed E-state index contributed by atoms with van der Waals surface area (Å²) in [6.45, 7) is 1.55. The molecule has 0 aliphatic carbocycles. The number of hydroxylamine groups is 2. The largest absolute Gasteiger partial charge is 0.369 e. The van der Waals surface area contributed by atoms with Crippen LogP contribution in [0.2, 0.25) is 0 Å². The number of rotatable bonds is 1. The lowest BCUT2D eigenvalue weighted by molar-refractivity contribution is -0.0377. The van der Waals surface area contributed by atoms with Gasteiger partial charge in [-0.25, -0.2) is 0 Å². The molecule has 0 saturated carbocycles. The second-order valence-electron chi connectivity index (χ2n) is 5.90. The van der Waals surface area contributed by atoms with Crippen molar-refractivity contribution >= 4 is 56.6 Å². The molecule has 0 bridgehead atoms. The van der Waals surface area contributed by atoms with E-state index in [1.165, 1.54) is 0 Å². The van der Waals surface area contributed by atoms with Crippen molar-refractivity contribution in [3.8, 4) is 0 Å². The molecule has 0 radical (unpaired) electrons. The van der Waals surface area contributed by atoms with Crippen LogP contribution >= 0.6 is 28.3 Å². The highest BCUT2D eigenvalue weighted by molar-refractivity contribution is 9.10. The zero-order valence-electron chi connectivity index (χ0n) is 12.5. The fourth-order valence-corrected chi connectivity index (χ4v) is 4.11. The van der Waals surface area contributed by atoms with E-state index in [-0.39, 0.29) is 23.5 Å². The molecule has 2 heterocycles. The highest BCUT2D eigenvalue weighted by Gasteiger charge is 2.34. The SMILES string of the molecule is Cl.N[C@H]1CCN(c2c(Br)cc3c4c(cccc24)C(=O)N(O)C3=O)C1. The zero-order chi connectivity index (χ0) is 16.3. The van der Waals surface area contributed by atoms with E-state index < -0.39 is 11.8 Å². The highest BCUT2D eigenvalue weighted by atomic mass is 79.9. The number of hydrogen-bond donors (Lipinski definition) is 2. The van der Waals surface area contributed by atoms with E-state index in [0.717, 1.165) is 35.1 Å². The fraction of sp³-hybridized carbons (Fsp3) is 0.250. The Balaban J connectivity index is 0.00000169. The molecule has 3 N–H and O–H groups in total. The van der Waals surface area contributed by atoms with Crippen molar-refractivity contribution in [2.45, 2.75) is 12.5 Å². The molecule has 0 spiro atoms. The molecule has 24 heavy (non-hydrogen) atoms. The third-order valence-corrected chi connectivity index (χ3v) is 5.08. The maximum atomic E-state index is 12.3. The van der Waals surface area contributed by atoms with Crippen molar-refractivity contribution < 1.29 is 14.8 Å². The second-order valence-corrected chi connectivity index (χ2v) is 6.75. The van der Waals surface area contributed by atoms with Gasteiger partial charge in [0.15, 0.2) is 0 Å². The maximum Gasteiger partial charge on any atom is 0.285 e. The highest BCUT2D eigenvalue weighted by Crippen LogP contribution is 2.41. The second kappa shape index (κ2) is 6.00. The third kappa shape index (κ3) is 2.31. The molecule has 6 nitrogen and oxygen atoms in total. The van der Waals surface area contributed by atoms with Crippen LogP contribution in [0.4, 0.5) is 5.69 Å². The molecule has 1 saturated heterocycles. The van der Waals surface area contributed by atoms with Gasteiger partial charge in [-0.15, -0.1) is 17.5 Å². The van der Waals surface area contributed by atoms with Gasteiger partial charge in [0.25, 0.3) is 11.8 Å². The molecule has 2 aliphatic rings. The van der Waals surface area contributed by atoms with Gasteiger partial charge in [0.1, 0.15) is 0 Å².